The van der Waals surface area contributed by atoms with Crippen molar-refractivity contribution in [1.82, 2.24) is 5.32 Å². The lowest BCUT2D eigenvalue weighted by atomic mass is 9.97. The van der Waals surface area contributed by atoms with Crippen LogP contribution >= 0.6 is 0 Å². The molecule has 1 aliphatic carbocycles. The lowest BCUT2D eigenvalue weighted by Gasteiger charge is -2.17. The van der Waals surface area contributed by atoms with Crippen LogP contribution in [0.5, 0.6) is 5.75 Å². The molecule has 1 unspecified atom stereocenters. The van der Waals surface area contributed by atoms with Crippen LogP contribution in [-0.4, -0.2) is 12.6 Å². The molecule has 116 valence electrons. The second-order valence-corrected chi connectivity index (χ2v) is 5.98. The van der Waals surface area contributed by atoms with Gasteiger partial charge in [-0.3, -0.25) is 0 Å². The summed E-state index contributed by atoms with van der Waals surface area (Å²) in [6.45, 7) is 6.23. The van der Waals surface area contributed by atoms with Crippen molar-refractivity contribution in [2.45, 2.75) is 65.0 Å². The van der Waals surface area contributed by atoms with Crippen molar-refractivity contribution in [3.05, 3.63) is 41.5 Å². The van der Waals surface area contributed by atoms with E-state index in [-0.39, 0.29) is 6.10 Å². The quantitative estimate of drug-likeness (QED) is 0.545. The van der Waals surface area contributed by atoms with E-state index < -0.39 is 0 Å². The van der Waals surface area contributed by atoms with Gasteiger partial charge in [-0.2, -0.15) is 0 Å². The van der Waals surface area contributed by atoms with E-state index in [1.165, 1.54) is 37.7 Å². The standard InChI is InChI=1S/C19H29NO/c1-3-16(2)21-19-12-8-7-11-18(19)15-20-14-13-17-9-5-4-6-10-17/h7-9,11-12,16,20H,3-6,10,13-15H2,1-2H3. The van der Waals surface area contributed by atoms with Crippen LogP contribution in [0.1, 0.15) is 57.9 Å². The number of rotatable bonds is 8. The van der Waals surface area contributed by atoms with Gasteiger partial charge in [0.2, 0.25) is 0 Å². The second kappa shape index (κ2) is 8.89. The molecule has 0 radical (unpaired) electrons. The fraction of sp³-hybridized carbons (Fsp3) is 0.579. The molecular formula is C19H29NO. The molecule has 1 atom stereocenters. The molecule has 1 aliphatic rings. The van der Waals surface area contributed by atoms with E-state index in [2.05, 4.69) is 43.4 Å². The summed E-state index contributed by atoms with van der Waals surface area (Å²) in [5, 5.41) is 3.56. The highest BCUT2D eigenvalue weighted by Gasteiger charge is 2.07. The minimum Gasteiger partial charge on any atom is -0.490 e. The SMILES string of the molecule is CCC(C)Oc1ccccc1CNCCC1=CCCCC1. The molecule has 1 aromatic carbocycles. The maximum absolute atomic E-state index is 5.99. The van der Waals surface area contributed by atoms with Crippen molar-refractivity contribution in [3.8, 4) is 5.75 Å². The van der Waals surface area contributed by atoms with Crippen molar-refractivity contribution in [1.29, 1.82) is 0 Å². The molecule has 0 aromatic heterocycles. The highest BCUT2D eigenvalue weighted by molar-refractivity contribution is 5.33. The Bertz CT molecular complexity index is 453. The van der Waals surface area contributed by atoms with E-state index in [1.54, 1.807) is 5.57 Å². The van der Waals surface area contributed by atoms with E-state index >= 15 is 0 Å². The Kier molecular flexibility index (Phi) is 6.81. The molecule has 0 heterocycles. The molecule has 2 nitrogen and oxygen atoms in total. The van der Waals surface area contributed by atoms with Crippen molar-refractivity contribution < 1.29 is 4.74 Å². The van der Waals surface area contributed by atoms with Crippen LogP contribution < -0.4 is 10.1 Å². The molecule has 0 saturated carbocycles. The van der Waals surface area contributed by atoms with Gasteiger partial charge in [0.05, 0.1) is 6.10 Å². The molecule has 0 saturated heterocycles. The summed E-state index contributed by atoms with van der Waals surface area (Å²) < 4.78 is 5.99. The number of benzene rings is 1. The van der Waals surface area contributed by atoms with E-state index in [1.807, 2.05) is 6.07 Å². The molecule has 0 amide bonds. The first-order valence-electron chi connectivity index (χ1n) is 8.42. The lowest BCUT2D eigenvalue weighted by Crippen LogP contribution is -2.17. The zero-order valence-electron chi connectivity index (χ0n) is 13.5. The Morgan fingerprint density at radius 1 is 1.24 bits per heavy atom. The monoisotopic (exact) mass is 287 g/mol. The fourth-order valence-electron chi connectivity index (χ4n) is 2.67. The number of ether oxygens (including phenoxy) is 1. The fourth-order valence-corrected chi connectivity index (χ4v) is 2.67. The third kappa shape index (κ3) is 5.55. The van der Waals surface area contributed by atoms with Gasteiger partial charge in [-0.05, 0) is 58.1 Å². The smallest absolute Gasteiger partial charge is 0.124 e. The molecule has 0 bridgehead atoms. The second-order valence-electron chi connectivity index (χ2n) is 5.98. The van der Waals surface area contributed by atoms with E-state index in [0.29, 0.717) is 0 Å². The highest BCUT2D eigenvalue weighted by Crippen LogP contribution is 2.21. The van der Waals surface area contributed by atoms with E-state index in [9.17, 15) is 0 Å². The number of hydrogen-bond donors (Lipinski definition) is 1. The van der Waals surface area contributed by atoms with Crippen LogP contribution in [0.3, 0.4) is 0 Å². The van der Waals surface area contributed by atoms with Gasteiger partial charge in [0.15, 0.2) is 0 Å². The third-order valence-corrected chi connectivity index (χ3v) is 4.20. The van der Waals surface area contributed by atoms with Crippen LogP contribution in [0.4, 0.5) is 0 Å². The maximum atomic E-state index is 5.99. The minimum absolute atomic E-state index is 0.276. The molecule has 0 fully saturated rings. The van der Waals surface area contributed by atoms with Crippen LogP contribution in [0.2, 0.25) is 0 Å². The normalized spacial score (nSPS) is 16.4. The van der Waals surface area contributed by atoms with Crippen molar-refractivity contribution >= 4 is 0 Å². The van der Waals surface area contributed by atoms with Crippen LogP contribution in [0.25, 0.3) is 0 Å². The van der Waals surface area contributed by atoms with Crippen molar-refractivity contribution in [3.63, 3.8) is 0 Å². The van der Waals surface area contributed by atoms with Crippen LogP contribution in [-0.2, 0) is 6.54 Å². The minimum atomic E-state index is 0.276. The van der Waals surface area contributed by atoms with Gasteiger partial charge in [-0.25, -0.2) is 0 Å². The Morgan fingerprint density at radius 3 is 2.86 bits per heavy atom. The van der Waals surface area contributed by atoms with Gasteiger partial charge in [0.25, 0.3) is 0 Å². The average molecular weight is 287 g/mol. The van der Waals surface area contributed by atoms with E-state index in [0.717, 1.165) is 25.3 Å². The molecule has 2 heteroatoms. The molecule has 0 spiro atoms. The number of nitrogens with one attached hydrogen (secondary N) is 1. The summed E-state index contributed by atoms with van der Waals surface area (Å²) in [4.78, 5) is 0. The first kappa shape index (κ1) is 16.1. The van der Waals surface area contributed by atoms with Gasteiger partial charge >= 0.3 is 0 Å². The van der Waals surface area contributed by atoms with Crippen LogP contribution in [0, 0.1) is 0 Å². The zero-order chi connectivity index (χ0) is 14.9. The van der Waals surface area contributed by atoms with Gasteiger partial charge in [-0.15, -0.1) is 0 Å². The van der Waals surface area contributed by atoms with E-state index in [4.69, 9.17) is 4.74 Å². The summed E-state index contributed by atoms with van der Waals surface area (Å²) in [6, 6.07) is 8.37. The molecule has 1 aromatic rings. The number of para-hydroxylation sites is 1. The Morgan fingerprint density at radius 2 is 2.10 bits per heavy atom. The predicted molar refractivity (Wildman–Crippen MR) is 89.7 cm³/mol. The molecule has 0 aliphatic heterocycles. The van der Waals surface area contributed by atoms with Crippen molar-refractivity contribution in [2.75, 3.05) is 6.54 Å². The van der Waals surface area contributed by atoms with Gasteiger partial charge in [0, 0.05) is 12.1 Å². The van der Waals surface area contributed by atoms with Gasteiger partial charge in [0.1, 0.15) is 5.75 Å². The first-order chi connectivity index (χ1) is 10.3. The summed E-state index contributed by atoms with van der Waals surface area (Å²) in [5.74, 6) is 1.02. The highest BCUT2D eigenvalue weighted by atomic mass is 16.5. The zero-order valence-corrected chi connectivity index (χ0v) is 13.5. The van der Waals surface area contributed by atoms with Gasteiger partial charge < -0.3 is 10.1 Å². The largest absolute Gasteiger partial charge is 0.490 e. The topological polar surface area (TPSA) is 21.3 Å². The molecule has 1 N–H and O–H groups in total. The molecular weight excluding hydrogens is 258 g/mol. The van der Waals surface area contributed by atoms with Gasteiger partial charge in [-0.1, -0.05) is 36.8 Å². The summed E-state index contributed by atoms with van der Waals surface area (Å²) in [7, 11) is 0. The summed E-state index contributed by atoms with van der Waals surface area (Å²) in [5.41, 5.74) is 2.90. The average Bonchev–Trinajstić information content (AvgIpc) is 2.54. The summed E-state index contributed by atoms with van der Waals surface area (Å²) in [6.07, 6.45) is 10.3. The first-order valence-corrected chi connectivity index (χ1v) is 8.42. The molecule has 2 rings (SSSR count). The summed E-state index contributed by atoms with van der Waals surface area (Å²) >= 11 is 0. The maximum Gasteiger partial charge on any atom is 0.124 e. The number of hydrogen-bond acceptors (Lipinski definition) is 2. The third-order valence-electron chi connectivity index (χ3n) is 4.20. The molecule has 21 heavy (non-hydrogen) atoms. The Balaban J connectivity index is 1.78. The van der Waals surface area contributed by atoms with Crippen molar-refractivity contribution in [2.24, 2.45) is 0 Å². The Labute approximate surface area is 129 Å². The van der Waals surface area contributed by atoms with Crippen LogP contribution in [0.15, 0.2) is 35.9 Å². The number of allylic oxidation sites excluding steroid dienone is 1. The lowest BCUT2D eigenvalue weighted by molar-refractivity contribution is 0.215. The Hall–Kier alpha value is -1.28. The predicted octanol–water partition coefficient (Wildman–Crippen LogP) is 4.84.